The molecule has 0 aliphatic carbocycles. The lowest BCUT2D eigenvalue weighted by Crippen LogP contribution is -2.49. The molecular formula is C11H16N4O. The van der Waals surface area contributed by atoms with Crippen LogP contribution in [0.3, 0.4) is 0 Å². The van der Waals surface area contributed by atoms with Crippen molar-refractivity contribution in [2.24, 2.45) is 0 Å². The Morgan fingerprint density at radius 3 is 2.44 bits per heavy atom. The number of hydrogen-bond donors (Lipinski definition) is 0. The molecule has 0 saturated carbocycles. The van der Waals surface area contributed by atoms with E-state index in [0.717, 1.165) is 32.1 Å². The smallest absolute Gasteiger partial charge is 0.225 e. The second kappa shape index (κ2) is 4.92. The van der Waals surface area contributed by atoms with Crippen LogP contribution in [0.25, 0.3) is 0 Å². The molecule has 0 aromatic carbocycles. The molecule has 16 heavy (non-hydrogen) atoms. The van der Waals surface area contributed by atoms with Crippen molar-refractivity contribution in [3.63, 3.8) is 0 Å². The lowest BCUT2D eigenvalue weighted by molar-refractivity contribution is -0.131. The van der Waals surface area contributed by atoms with Crippen LogP contribution in [-0.4, -0.2) is 47.0 Å². The third kappa shape index (κ3) is 2.29. The van der Waals surface area contributed by atoms with Gasteiger partial charge in [-0.2, -0.15) is 0 Å². The summed E-state index contributed by atoms with van der Waals surface area (Å²) in [5, 5.41) is 0. The molecule has 5 nitrogen and oxygen atoms in total. The molecule has 1 aliphatic heterocycles. The van der Waals surface area contributed by atoms with E-state index in [9.17, 15) is 4.79 Å². The number of aromatic nitrogens is 2. The molecule has 2 rings (SSSR count). The van der Waals surface area contributed by atoms with Crippen LogP contribution in [-0.2, 0) is 4.79 Å². The van der Waals surface area contributed by atoms with Gasteiger partial charge in [0.2, 0.25) is 11.9 Å². The van der Waals surface area contributed by atoms with E-state index >= 15 is 0 Å². The first-order chi connectivity index (χ1) is 7.81. The fourth-order valence-corrected chi connectivity index (χ4v) is 1.83. The van der Waals surface area contributed by atoms with Crippen molar-refractivity contribution in [1.82, 2.24) is 14.9 Å². The van der Waals surface area contributed by atoms with Crippen molar-refractivity contribution in [2.45, 2.75) is 13.3 Å². The molecule has 86 valence electrons. The van der Waals surface area contributed by atoms with E-state index < -0.39 is 0 Å². The van der Waals surface area contributed by atoms with E-state index in [0.29, 0.717) is 6.42 Å². The number of amides is 1. The SMILES string of the molecule is CCC(=O)N1CCN(c2ncccn2)CC1. The fraction of sp³-hybridized carbons (Fsp3) is 0.545. The standard InChI is InChI=1S/C11H16N4O/c1-2-10(16)14-6-8-15(9-7-14)11-12-4-3-5-13-11/h3-5H,2,6-9H2,1H3. The van der Waals surface area contributed by atoms with Crippen LogP contribution in [0.2, 0.25) is 0 Å². The van der Waals surface area contributed by atoms with Crippen LogP contribution in [0.5, 0.6) is 0 Å². The van der Waals surface area contributed by atoms with Crippen molar-refractivity contribution in [1.29, 1.82) is 0 Å². The molecule has 1 amide bonds. The van der Waals surface area contributed by atoms with Gasteiger partial charge in [-0.3, -0.25) is 4.79 Å². The topological polar surface area (TPSA) is 49.3 Å². The number of carbonyl (C=O) groups excluding carboxylic acids is 1. The highest BCUT2D eigenvalue weighted by atomic mass is 16.2. The van der Waals surface area contributed by atoms with Gasteiger partial charge < -0.3 is 9.80 Å². The monoisotopic (exact) mass is 220 g/mol. The van der Waals surface area contributed by atoms with E-state index in [2.05, 4.69) is 14.9 Å². The largest absolute Gasteiger partial charge is 0.339 e. The Labute approximate surface area is 95.1 Å². The zero-order valence-corrected chi connectivity index (χ0v) is 9.46. The molecule has 2 heterocycles. The third-order valence-corrected chi connectivity index (χ3v) is 2.77. The second-order valence-corrected chi connectivity index (χ2v) is 3.77. The van der Waals surface area contributed by atoms with E-state index in [1.807, 2.05) is 11.8 Å². The van der Waals surface area contributed by atoms with E-state index in [4.69, 9.17) is 0 Å². The van der Waals surface area contributed by atoms with Crippen molar-refractivity contribution >= 4 is 11.9 Å². The van der Waals surface area contributed by atoms with Gasteiger partial charge in [0.25, 0.3) is 0 Å². The molecule has 0 spiro atoms. The maximum Gasteiger partial charge on any atom is 0.225 e. The first kappa shape index (κ1) is 10.9. The highest BCUT2D eigenvalue weighted by Gasteiger charge is 2.20. The molecule has 5 heteroatoms. The number of hydrogen-bond acceptors (Lipinski definition) is 4. The van der Waals surface area contributed by atoms with Crippen molar-refractivity contribution in [3.05, 3.63) is 18.5 Å². The zero-order valence-electron chi connectivity index (χ0n) is 9.46. The highest BCUT2D eigenvalue weighted by molar-refractivity contribution is 5.76. The molecular weight excluding hydrogens is 204 g/mol. The maximum absolute atomic E-state index is 11.5. The average molecular weight is 220 g/mol. The lowest BCUT2D eigenvalue weighted by atomic mass is 10.3. The lowest BCUT2D eigenvalue weighted by Gasteiger charge is -2.34. The summed E-state index contributed by atoms with van der Waals surface area (Å²) < 4.78 is 0. The summed E-state index contributed by atoms with van der Waals surface area (Å²) in [6, 6.07) is 1.81. The molecule has 1 saturated heterocycles. The maximum atomic E-state index is 11.5. The third-order valence-electron chi connectivity index (χ3n) is 2.77. The molecule has 0 bridgehead atoms. The summed E-state index contributed by atoms with van der Waals surface area (Å²) in [7, 11) is 0. The molecule has 1 aromatic heterocycles. The molecule has 1 aliphatic rings. The Kier molecular flexibility index (Phi) is 3.34. The minimum Gasteiger partial charge on any atom is -0.339 e. The van der Waals surface area contributed by atoms with Gasteiger partial charge in [-0.15, -0.1) is 0 Å². The number of rotatable bonds is 2. The molecule has 0 unspecified atom stereocenters. The number of nitrogens with zero attached hydrogens (tertiary/aromatic N) is 4. The summed E-state index contributed by atoms with van der Waals surface area (Å²) in [4.78, 5) is 23.9. The fourth-order valence-electron chi connectivity index (χ4n) is 1.83. The van der Waals surface area contributed by atoms with Gasteiger partial charge >= 0.3 is 0 Å². The summed E-state index contributed by atoms with van der Waals surface area (Å²) in [5.74, 6) is 0.986. The summed E-state index contributed by atoms with van der Waals surface area (Å²) in [5.41, 5.74) is 0. The molecule has 0 radical (unpaired) electrons. The van der Waals surface area contributed by atoms with Crippen molar-refractivity contribution in [3.8, 4) is 0 Å². The quantitative estimate of drug-likeness (QED) is 0.729. The molecule has 1 aromatic rings. The first-order valence-electron chi connectivity index (χ1n) is 5.61. The molecule has 0 N–H and O–H groups in total. The molecule has 0 atom stereocenters. The van der Waals surface area contributed by atoms with Gasteiger partial charge in [0.05, 0.1) is 0 Å². The van der Waals surface area contributed by atoms with Gasteiger partial charge in [-0.1, -0.05) is 6.92 Å². The van der Waals surface area contributed by atoms with Gasteiger partial charge in [-0.25, -0.2) is 9.97 Å². The Bertz CT molecular complexity index is 346. The summed E-state index contributed by atoms with van der Waals surface area (Å²) in [6.45, 7) is 5.07. The minimum absolute atomic E-state index is 0.230. The Morgan fingerprint density at radius 1 is 1.25 bits per heavy atom. The number of piperazine rings is 1. The Balaban J connectivity index is 1.93. The normalized spacial score (nSPS) is 16.3. The first-order valence-corrected chi connectivity index (χ1v) is 5.61. The number of carbonyl (C=O) groups is 1. The van der Waals surface area contributed by atoms with Crippen LogP contribution in [0.15, 0.2) is 18.5 Å². The minimum atomic E-state index is 0.230. The summed E-state index contributed by atoms with van der Waals surface area (Å²) in [6.07, 6.45) is 4.07. The second-order valence-electron chi connectivity index (χ2n) is 3.77. The van der Waals surface area contributed by atoms with Crippen molar-refractivity contribution in [2.75, 3.05) is 31.1 Å². The van der Waals surface area contributed by atoms with Crippen LogP contribution in [0.4, 0.5) is 5.95 Å². The predicted molar refractivity (Wildman–Crippen MR) is 61.1 cm³/mol. The Hall–Kier alpha value is -1.65. The Morgan fingerprint density at radius 2 is 1.88 bits per heavy atom. The van der Waals surface area contributed by atoms with Gasteiger partial charge in [0.15, 0.2) is 0 Å². The van der Waals surface area contributed by atoms with Gasteiger partial charge in [-0.05, 0) is 6.07 Å². The molecule has 1 fully saturated rings. The van der Waals surface area contributed by atoms with E-state index in [1.165, 1.54) is 0 Å². The number of anilines is 1. The van der Waals surface area contributed by atoms with E-state index in [-0.39, 0.29) is 5.91 Å². The van der Waals surface area contributed by atoms with Crippen molar-refractivity contribution < 1.29 is 4.79 Å². The van der Waals surface area contributed by atoms with Crippen LogP contribution in [0, 0.1) is 0 Å². The van der Waals surface area contributed by atoms with E-state index in [1.54, 1.807) is 18.5 Å². The van der Waals surface area contributed by atoms with Crippen LogP contribution >= 0.6 is 0 Å². The van der Waals surface area contributed by atoms with Gasteiger partial charge in [0, 0.05) is 45.0 Å². The zero-order chi connectivity index (χ0) is 11.4. The average Bonchev–Trinajstić information content (AvgIpc) is 2.39. The van der Waals surface area contributed by atoms with Crippen LogP contribution < -0.4 is 4.90 Å². The van der Waals surface area contributed by atoms with Crippen LogP contribution in [0.1, 0.15) is 13.3 Å². The van der Waals surface area contributed by atoms with Gasteiger partial charge in [0.1, 0.15) is 0 Å². The summed E-state index contributed by atoms with van der Waals surface area (Å²) >= 11 is 0. The highest BCUT2D eigenvalue weighted by Crippen LogP contribution is 2.10. The predicted octanol–water partition coefficient (Wildman–Crippen LogP) is 0.535.